The molecule has 0 aliphatic heterocycles. The molecule has 0 radical (unpaired) electrons. The van der Waals surface area contributed by atoms with Gasteiger partial charge in [-0.3, -0.25) is 0 Å². The summed E-state index contributed by atoms with van der Waals surface area (Å²) >= 11 is 0. The SMILES string of the molecule is C1C2CC12CC12CC1C2. The van der Waals surface area contributed by atoms with Gasteiger partial charge in [-0.05, 0) is 54.8 Å². The van der Waals surface area contributed by atoms with Crippen LogP contribution in [0.25, 0.3) is 0 Å². The van der Waals surface area contributed by atoms with E-state index in [1.54, 1.807) is 32.1 Å². The maximum Gasteiger partial charge on any atom is -0.0258 e. The molecule has 48 valence electrons. The van der Waals surface area contributed by atoms with Crippen molar-refractivity contribution in [3.05, 3.63) is 0 Å². The summed E-state index contributed by atoms with van der Waals surface area (Å²) in [4.78, 5) is 0. The Labute approximate surface area is 55.6 Å². The normalized spacial score (nSPS) is 78.7. The van der Waals surface area contributed by atoms with Crippen LogP contribution < -0.4 is 0 Å². The van der Waals surface area contributed by atoms with Crippen molar-refractivity contribution in [2.75, 3.05) is 0 Å². The van der Waals surface area contributed by atoms with Crippen LogP contribution in [0.3, 0.4) is 0 Å². The molecule has 9 heavy (non-hydrogen) atoms. The summed E-state index contributed by atoms with van der Waals surface area (Å²) < 4.78 is 0. The molecular weight excluding hydrogens is 108 g/mol. The van der Waals surface area contributed by atoms with Crippen molar-refractivity contribution in [2.24, 2.45) is 22.7 Å². The molecule has 0 spiro atoms. The first kappa shape index (κ1) is 4.00. The number of fused-ring (bicyclic) bond motifs is 2. The molecule has 0 saturated heterocycles. The fraction of sp³-hybridized carbons (Fsp3) is 1.00. The van der Waals surface area contributed by atoms with E-state index in [1.165, 1.54) is 11.8 Å². The van der Waals surface area contributed by atoms with Crippen molar-refractivity contribution in [1.82, 2.24) is 0 Å². The molecule has 0 aromatic heterocycles. The van der Waals surface area contributed by atoms with Gasteiger partial charge in [0.2, 0.25) is 0 Å². The minimum absolute atomic E-state index is 1.01. The van der Waals surface area contributed by atoms with E-state index in [2.05, 4.69) is 0 Å². The summed E-state index contributed by atoms with van der Waals surface area (Å²) in [5.41, 5.74) is 2.01. The van der Waals surface area contributed by atoms with Crippen LogP contribution in [0, 0.1) is 22.7 Å². The molecule has 4 aliphatic rings. The number of hydrogen-bond acceptors (Lipinski definition) is 0. The topological polar surface area (TPSA) is 0 Å². The largest absolute Gasteiger partial charge is 0.0439 e. The first-order valence-electron chi connectivity index (χ1n) is 4.33. The lowest BCUT2D eigenvalue weighted by atomic mass is 10.0. The molecule has 4 saturated carbocycles. The second-order valence-electron chi connectivity index (χ2n) is 5.11. The summed E-state index contributed by atoms with van der Waals surface area (Å²) in [6, 6.07) is 0. The molecule has 0 heterocycles. The van der Waals surface area contributed by atoms with Crippen LogP contribution in [0.4, 0.5) is 0 Å². The van der Waals surface area contributed by atoms with Crippen molar-refractivity contribution >= 4 is 0 Å². The third-order valence-corrected chi connectivity index (χ3v) is 4.41. The molecule has 4 aliphatic carbocycles. The predicted molar refractivity (Wildman–Crippen MR) is 34.9 cm³/mol. The van der Waals surface area contributed by atoms with E-state index in [0.29, 0.717) is 0 Å². The smallest absolute Gasteiger partial charge is 0.0258 e. The summed E-state index contributed by atoms with van der Waals surface area (Å²) in [6.45, 7) is 0. The van der Waals surface area contributed by atoms with Gasteiger partial charge >= 0.3 is 0 Å². The van der Waals surface area contributed by atoms with Crippen molar-refractivity contribution < 1.29 is 0 Å². The second-order valence-corrected chi connectivity index (χ2v) is 5.11. The molecular formula is C9H12. The Morgan fingerprint density at radius 1 is 0.889 bits per heavy atom. The highest BCUT2D eigenvalue weighted by atomic mass is 14.8. The number of rotatable bonds is 2. The Bertz CT molecular complexity index is 170. The minimum atomic E-state index is 1.01. The average Bonchev–Trinajstić information content (AvgIpc) is 2.21. The lowest BCUT2D eigenvalue weighted by Crippen LogP contribution is -1.93. The zero-order valence-electron chi connectivity index (χ0n) is 5.69. The van der Waals surface area contributed by atoms with Crippen LogP contribution in [0.1, 0.15) is 32.1 Å². The van der Waals surface area contributed by atoms with Crippen molar-refractivity contribution in [2.45, 2.75) is 32.1 Å². The van der Waals surface area contributed by atoms with E-state index in [-0.39, 0.29) is 0 Å². The molecule has 0 aromatic rings. The van der Waals surface area contributed by atoms with Crippen LogP contribution in [-0.4, -0.2) is 0 Å². The molecule has 0 bridgehead atoms. The van der Waals surface area contributed by atoms with E-state index in [0.717, 1.165) is 10.8 Å². The van der Waals surface area contributed by atoms with Gasteiger partial charge in [0, 0.05) is 0 Å². The van der Waals surface area contributed by atoms with Gasteiger partial charge in [-0.2, -0.15) is 0 Å². The monoisotopic (exact) mass is 120 g/mol. The van der Waals surface area contributed by atoms with Crippen LogP contribution in [0.15, 0.2) is 0 Å². The highest BCUT2D eigenvalue weighted by molar-refractivity contribution is 5.28. The van der Waals surface area contributed by atoms with Crippen LogP contribution in [0.2, 0.25) is 0 Å². The van der Waals surface area contributed by atoms with Crippen molar-refractivity contribution in [1.29, 1.82) is 0 Å². The summed E-state index contributed by atoms with van der Waals surface area (Å²) in [6.07, 6.45) is 8.17. The van der Waals surface area contributed by atoms with Gasteiger partial charge in [-0.15, -0.1) is 0 Å². The van der Waals surface area contributed by atoms with Gasteiger partial charge < -0.3 is 0 Å². The molecule has 4 fully saturated rings. The maximum absolute atomic E-state index is 1.66. The van der Waals surface area contributed by atoms with E-state index in [4.69, 9.17) is 0 Å². The fourth-order valence-corrected chi connectivity index (χ4v) is 2.89. The zero-order chi connectivity index (χ0) is 5.69. The van der Waals surface area contributed by atoms with Gasteiger partial charge in [0.15, 0.2) is 0 Å². The third-order valence-electron chi connectivity index (χ3n) is 4.41. The molecule has 0 atom stereocenters. The van der Waals surface area contributed by atoms with Crippen molar-refractivity contribution in [3.8, 4) is 0 Å². The fourth-order valence-electron chi connectivity index (χ4n) is 2.89. The Morgan fingerprint density at radius 3 is 1.44 bits per heavy atom. The van der Waals surface area contributed by atoms with Crippen molar-refractivity contribution in [3.63, 3.8) is 0 Å². The quantitative estimate of drug-likeness (QED) is 0.524. The second kappa shape index (κ2) is 0.741. The first-order chi connectivity index (χ1) is 4.33. The van der Waals surface area contributed by atoms with Crippen LogP contribution in [-0.2, 0) is 0 Å². The van der Waals surface area contributed by atoms with Gasteiger partial charge in [-0.25, -0.2) is 0 Å². The standard InChI is InChI=1S/C9H12/c1-6-2-8(1,6)5-9-3-7(9)4-9/h6-7H,1-5H2. The van der Waals surface area contributed by atoms with Gasteiger partial charge in [0.25, 0.3) is 0 Å². The maximum atomic E-state index is 1.66. The number of hydrogen-bond donors (Lipinski definition) is 0. The minimum Gasteiger partial charge on any atom is -0.0439 e. The van der Waals surface area contributed by atoms with Crippen LogP contribution >= 0.6 is 0 Å². The highest BCUT2D eigenvalue weighted by Gasteiger charge is 2.78. The van der Waals surface area contributed by atoms with Gasteiger partial charge in [0.1, 0.15) is 0 Å². The molecule has 0 nitrogen and oxygen atoms in total. The molecule has 4 rings (SSSR count). The third kappa shape index (κ3) is 0.320. The zero-order valence-corrected chi connectivity index (χ0v) is 5.69. The predicted octanol–water partition coefficient (Wildman–Crippen LogP) is 2.20. The lowest BCUT2D eigenvalue weighted by Gasteiger charge is -2.03. The summed E-state index contributed by atoms with van der Waals surface area (Å²) in [5, 5.41) is 0. The molecule has 0 aromatic carbocycles. The summed E-state index contributed by atoms with van der Waals surface area (Å²) in [7, 11) is 0. The van der Waals surface area contributed by atoms with E-state index in [1.807, 2.05) is 0 Å². The Morgan fingerprint density at radius 2 is 1.22 bits per heavy atom. The molecule has 0 N–H and O–H groups in total. The van der Waals surface area contributed by atoms with Gasteiger partial charge in [0.05, 0.1) is 0 Å². The molecule has 0 unspecified atom stereocenters. The lowest BCUT2D eigenvalue weighted by molar-refractivity contribution is 0.469. The summed E-state index contributed by atoms with van der Waals surface area (Å²) in [5.74, 6) is 2.49. The van der Waals surface area contributed by atoms with E-state index >= 15 is 0 Å². The Balaban J connectivity index is 1.62. The molecule has 0 heteroatoms. The highest BCUT2D eigenvalue weighted by Crippen LogP contribution is 2.88. The van der Waals surface area contributed by atoms with Crippen LogP contribution in [0.5, 0.6) is 0 Å². The Kier molecular flexibility index (Phi) is 0.329. The molecule has 0 amide bonds. The average molecular weight is 120 g/mol. The Hall–Kier alpha value is 0. The first-order valence-corrected chi connectivity index (χ1v) is 4.33. The van der Waals surface area contributed by atoms with E-state index in [9.17, 15) is 0 Å². The van der Waals surface area contributed by atoms with E-state index < -0.39 is 0 Å². The van der Waals surface area contributed by atoms with Gasteiger partial charge in [-0.1, -0.05) is 0 Å².